The molecule has 0 aromatic carbocycles. The van der Waals surface area contributed by atoms with Crippen LogP contribution in [0.2, 0.25) is 0 Å². The van der Waals surface area contributed by atoms with Gasteiger partial charge in [0.25, 0.3) is 0 Å². The minimum atomic E-state index is -2.85. The second-order valence-corrected chi connectivity index (χ2v) is 6.74. The van der Waals surface area contributed by atoms with Crippen molar-refractivity contribution in [3.63, 3.8) is 0 Å². The van der Waals surface area contributed by atoms with E-state index in [4.69, 9.17) is 0 Å². The Morgan fingerprint density at radius 2 is 2.24 bits per heavy atom. The molecular formula is C11H17N3O2S. The topological polar surface area (TPSA) is 62.3 Å². The molecule has 6 heteroatoms. The first-order valence-corrected chi connectivity index (χ1v) is 7.39. The lowest BCUT2D eigenvalue weighted by Gasteiger charge is -2.19. The lowest BCUT2D eigenvalue weighted by molar-refractivity contribution is 0.602. The molecule has 1 atom stereocenters. The SMILES string of the molecule is CN(C)c1ncccc1NC1CCS(=O)(=O)C1. The average Bonchev–Trinajstić information content (AvgIpc) is 2.58. The highest BCUT2D eigenvalue weighted by molar-refractivity contribution is 7.91. The van der Waals surface area contributed by atoms with Crippen molar-refractivity contribution in [1.29, 1.82) is 0 Å². The van der Waals surface area contributed by atoms with Crippen LogP contribution >= 0.6 is 0 Å². The Bertz CT molecular complexity index is 499. The fourth-order valence-electron chi connectivity index (χ4n) is 1.99. The third-order valence-corrected chi connectivity index (χ3v) is 4.57. The Kier molecular flexibility index (Phi) is 3.24. The highest BCUT2D eigenvalue weighted by Gasteiger charge is 2.28. The molecule has 1 aliphatic rings. The van der Waals surface area contributed by atoms with Crippen LogP contribution in [0, 0.1) is 0 Å². The molecule has 1 fully saturated rings. The van der Waals surface area contributed by atoms with E-state index in [9.17, 15) is 8.42 Å². The molecule has 0 saturated carbocycles. The summed E-state index contributed by atoms with van der Waals surface area (Å²) < 4.78 is 22.8. The minimum Gasteiger partial charge on any atom is -0.378 e. The second kappa shape index (κ2) is 4.52. The quantitative estimate of drug-likeness (QED) is 0.863. The molecule has 1 aromatic heterocycles. The maximum absolute atomic E-state index is 11.4. The monoisotopic (exact) mass is 255 g/mol. The van der Waals surface area contributed by atoms with E-state index in [1.807, 2.05) is 31.1 Å². The van der Waals surface area contributed by atoms with Gasteiger partial charge in [0, 0.05) is 26.3 Å². The van der Waals surface area contributed by atoms with Gasteiger partial charge in [-0.1, -0.05) is 0 Å². The summed E-state index contributed by atoms with van der Waals surface area (Å²) in [6, 6.07) is 3.77. The zero-order valence-corrected chi connectivity index (χ0v) is 10.9. The lowest BCUT2D eigenvalue weighted by atomic mass is 10.2. The van der Waals surface area contributed by atoms with Crippen LogP contribution in [-0.4, -0.2) is 45.0 Å². The van der Waals surface area contributed by atoms with Crippen LogP contribution in [0.4, 0.5) is 11.5 Å². The van der Waals surface area contributed by atoms with Crippen LogP contribution in [0.1, 0.15) is 6.42 Å². The zero-order valence-electron chi connectivity index (χ0n) is 10.0. The van der Waals surface area contributed by atoms with Gasteiger partial charge < -0.3 is 10.2 Å². The lowest BCUT2D eigenvalue weighted by Crippen LogP contribution is -2.23. The Morgan fingerprint density at radius 1 is 1.47 bits per heavy atom. The maximum Gasteiger partial charge on any atom is 0.152 e. The highest BCUT2D eigenvalue weighted by Crippen LogP contribution is 2.24. The number of anilines is 2. The molecule has 1 N–H and O–H groups in total. The minimum absolute atomic E-state index is 0.00269. The van der Waals surface area contributed by atoms with E-state index in [-0.39, 0.29) is 17.5 Å². The third-order valence-electron chi connectivity index (χ3n) is 2.80. The molecule has 0 bridgehead atoms. The predicted molar refractivity (Wildman–Crippen MR) is 69.2 cm³/mol. The predicted octanol–water partition coefficient (Wildman–Crippen LogP) is 0.747. The summed E-state index contributed by atoms with van der Waals surface area (Å²) in [5, 5.41) is 3.26. The summed E-state index contributed by atoms with van der Waals surface area (Å²) in [5.74, 6) is 1.33. The Hall–Kier alpha value is -1.30. The van der Waals surface area contributed by atoms with E-state index in [1.54, 1.807) is 6.20 Å². The summed E-state index contributed by atoms with van der Waals surface area (Å²) in [6.07, 6.45) is 2.40. The first kappa shape index (κ1) is 12.2. The molecule has 1 aliphatic heterocycles. The summed E-state index contributed by atoms with van der Waals surface area (Å²) in [6.45, 7) is 0. The second-order valence-electron chi connectivity index (χ2n) is 4.51. The van der Waals surface area contributed by atoms with Crippen molar-refractivity contribution < 1.29 is 8.42 Å². The molecule has 17 heavy (non-hydrogen) atoms. The zero-order chi connectivity index (χ0) is 12.5. The summed E-state index contributed by atoms with van der Waals surface area (Å²) >= 11 is 0. The Labute approximate surface area is 102 Å². The van der Waals surface area contributed by atoms with E-state index in [2.05, 4.69) is 10.3 Å². The van der Waals surface area contributed by atoms with Gasteiger partial charge in [-0.05, 0) is 18.6 Å². The molecule has 1 unspecified atom stereocenters. The van der Waals surface area contributed by atoms with Crippen molar-refractivity contribution in [3.05, 3.63) is 18.3 Å². The van der Waals surface area contributed by atoms with E-state index in [0.29, 0.717) is 6.42 Å². The van der Waals surface area contributed by atoms with Gasteiger partial charge in [-0.2, -0.15) is 0 Å². The normalized spacial score (nSPS) is 22.4. The highest BCUT2D eigenvalue weighted by atomic mass is 32.2. The van der Waals surface area contributed by atoms with Gasteiger partial charge in [-0.3, -0.25) is 0 Å². The van der Waals surface area contributed by atoms with Gasteiger partial charge in [0.05, 0.1) is 17.2 Å². The molecule has 0 amide bonds. The number of nitrogens with zero attached hydrogens (tertiary/aromatic N) is 2. The van der Waals surface area contributed by atoms with Crippen molar-refractivity contribution in [3.8, 4) is 0 Å². The number of sulfone groups is 1. The Balaban J connectivity index is 2.14. The van der Waals surface area contributed by atoms with Crippen molar-refractivity contribution in [1.82, 2.24) is 4.98 Å². The van der Waals surface area contributed by atoms with Crippen molar-refractivity contribution in [2.45, 2.75) is 12.5 Å². The van der Waals surface area contributed by atoms with Gasteiger partial charge in [0.1, 0.15) is 0 Å². The molecule has 0 radical (unpaired) electrons. The fraction of sp³-hybridized carbons (Fsp3) is 0.545. The van der Waals surface area contributed by atoms with Gasteiger partial charge >= 0.3 is 0 Å². The standard InChI is InChI=1S/C11H17N3O2S/c1-14(2)11-10(4-3-6-12-11)13-9-5-7-17(15,16)8-9/h3-4,6,9,13H,5,7-8H2,1-2H3. The van der Waals surface area contributed by atoms with E-state index >= 15 is 0 Å². The van der Waals surface area contributed by atoms with Crippen LogP contribution in [-0.2, 0) is 9.84 Å². The maximum atomic E-state index is 11.4. The van der Waals surface area contributed by atoms with Crippen LogP contribution in [0.5, 0.6) is 0 Å². The number of rotatable bonds is 3. The first-order chi connectivity index (χ1) is 7.98. The van der Waals surface area contributed by atoms with E-state index < -0.39 is 9.84 Å². The van der Waals surface area contributed by atoms with Crippen LogP contribution in [0.25, 0.3) is 0 Å². The van der Waals surface area contributed by atoms with Crippen molar-refractivity contribution in [2.24, 2.45) is 0 Å². The van der Waals surface area contributed by atoms with Crippen molar-refractivity contribution in [2.75, 3.05) is 35.8 Å². The molecule has 94 valence electrons. The summed E-state index contributed by atoms with van der Waals surface area (Å²) in [5.41, 5.74) is 0.889. The van der Waals surface area contributed by atoms with Crippen LogP contribution in [0.3, 0.4) is 0 Å². The number of pyridine rings is 1. The molecule has 1 saturated heterocycles. The fourth-order valence-corrected chi connectivity index (χ4v) is 3.67. The van der Waals surface area contributed by atoms with E-state index in [0.717, 1.165) is 11.5 Å². The number of nitrogens with one attached hydrogen (secondary N) is 1. The number of hydrogen-bond donors (Lipinski definition) is 1. The number of hydrogen-bond acceptors (Lipinski definition) is 5. The smallest absolute Gasteiger partial charge is 0.152 e. The van der Waals surface area contributed by atoms with Gasteiger partial charge in [-0.15, -0.1) is 0 Å². The molecule has 1 aromatic rings. The third kappa shape index (κ3) is 2.88. The first-order valence-electron chi connectivity index (χ1n) is 5.57. The van der Waals surface area contributed by atoms with Gasteiger partial charge in [-0.25, -0.2) is 13.4 Å². The molecule has 5 nitrogen and oxygen atoms in total. The largest absolute Gasteiger partial charge is 0.378 e. The Morgan fingerprint density at radius 3 is 2.82 bits per heavy atom. The average molecular weight is 255 g/mol. The molecule has 2 heterocycles. The van der Waals surface area contributed by atoms with Crippen molar-refractivity contribution >= 4 is 21.3 Å². The van der Waals surface area contributed by atoms with Crippen LogP contribution in [0.15, 0.2) is 18.3 Å². The summed E-state index contributed by atoms with van der Waals surface area (Å²) in [4.78, 5) is 6.18. The van der Waals surface area contributed by atoms with Gasteiger partial charge in [0.15, 0.2) is 15.7 Å². The van der Waals surface area contributed by atoms with E-state index in [1.165, 1.54) is 0 Å². The molecule has 0 spiro atoms. The van der Waals surface area contributed by atoms with Gasteiger partial charge in [0.2, 0.25) is 0 Å². The van der Waals surface area contributed by atoms with Crippen LogP contribution < -0.4 is 10.2 Å². The molecular weight excluding hydrogens is 238 g/mol. The number of aromatic nitrogens is 1. The molecule has 0 aliphatic carbocycles. The summed E-state index contributed by atoms with van der Waals surface area (Å²) in [7, 11) is 0.986. The molecule has 2 rings (SSSR count).